The van der Waals surface area contributed by atoms with Crippen molar-refractivity contribution in [3.8, 4) is 0 Å². The van der Waals surface area contributed by atoms with Crippen LogP contribution in [-0.2, 0) is 6.54 Å². The van der Waals surface area contributed by atoms with Gasteiger partial charge < -0.3 is 4.57 Å². The Kier molecular flexibility index (Phi) is 4.16. The Hall–Kier alpha value is -1.47. The van der Waals surface area contributed by atoms with Crippen molar-refractivity contribution in [2.75, 3.05) is 0 Å². The molecule has 0 unspecified atom stereocenters. The molecule has 0 fully saturated rings. The molecule has 1 heterocycles. The molecule has 0 bridgehead atoms. The Bertz CT molecular complexity index is 698. The zero-order chi connectivity index (χ0) is 14.0. The smallest absolute Gasteiger partial charge is 0.275 e. The Morgan fingerprint density at radius 3 is 2.53 bits per heavy atom. The van der Waals surface area contributed by atoms with Gasteiger partial charge in [-0.1, -0.05) is 15.9 Å². The molecular formula is C12H8Br2N2O3. The third-order valence-corrected chi connectivity index (χ3v) is 3.49. The number of rotatable bonds is 3. The lowest BCUT2D eigenvalue weighted by atomic mass is 10.2. The summed E-state index contributed by atoms with van der Waals surface area (Å²) >= 11 is 6.46. The second kappa shape index (κ2) is 5.66. The first-order valence-electron chi connectivity index (χ1n) is 5.26. The van der Waals surface area contributed by atoms with Crippen LogP contribution < -0.4 is 5.56 Å². The number of hydrogen-bond donors (Lipinski definition) is 0. The van der Waals surface area contributed by atoms with Crippen LogP contribution in [0.5, 0.6) is 0 Å². The van der Waals surface area contributed by atoms with Crippen LogP contribution in [0.1, 0.15) is 5.56 Å². The first kappa shape index (κ1) is 14.0. The molecule has 1 aromatic heterocycles. The molecule has 98 valence electrons. The lowest BCUT2D eigenvalue weighted by Gasteiger charge is -2.07. The molecule has 0 saturated heterocycles. The molecule has 1 aromatic carbocycles. The molecule has 0 saturated carbocycles. The average molecular weight is 388 g/mol. The molecule has 0 aliphatic carbocycles. The monoisotopic (exact) mass is 386 g/mol. The van der Waals surface area contributed by atoms with Gasteiger partial charge in [0, 0.05) is 32.8 Å². The summed E-state index contributed by atoms with van der Waals surface area (Å²) in [5.74, 6) is 0. The highest BCUT2D eigenvalue weighted by Gasteiger charge is 2.14. The van der Waals surface area contributed by atoms with Gasteiger partial charge in [0.05, 0.1) is 11.5 Å². The van der Waals surface area contributed by atoms with Crippen molar-refractivity contribution in [2.45, 2.75) is 6.54 Å². The third kappa shape index (κ3) is 3.30. The molecular weight excluding hydrogens is 380 g/mol. The minimum Gasteiger partial charge on any atom is -0.310 e. The SMILES string of the molecule is O=c1ccc(Br)cn1Cc1ccc(Br)cc1[N+](=O)[O-]. The van der Waals surface area contributed by atoms with E-state index in [4.69, 9.17) is 0 Å². The Morgan fingerprint density at radius 2 is 1.84 bits per heavy atom. The number of nitro groups is 1. The van der Waals surface area contributed by atoms with E-state index in [9.17, 15) is 14.9 Å². The van der Waals surface area contributed by atoms with Crippen LogP contribution in [0.4, 0.5) is 5.69 Å². The van der Waals surface area contributed by atoms with Crippen molar-refractivity contribution in [3.63, 3.8) is 0 Å². The van der Waals surface area contributed by atoms with Gasteiger partial charge in [-0.3, -0.25) is 14.9 Å². The maximum absolute atomic E-state index is 11.7. The van der Waals surface area contributed by atoms with Gasteiger partial charge in [0.2, 0.25) is 0 Å². The van der Waals surface area contributed by atoms with Crippen LogP contribution in [0.25, 0.3) is 0 Å². The molecule has 2 rings (SSSR count). The molecule has 2 aromatic rings. The summed E-state index contributed by atoms with van der Waals surface area (Å²) in [7, 11) is 0. The molecule has 0 amide bonds. The number of nitrogens with zero attached hydrogens (tertiary/aromatic N) is 2. The lowest BCUT2D eigenvalue weighted by Crippen LogP contribution is -2.19. The van der Waals surface area contributed by atoms with Crippen molar-refractivity contribution in [1.82, 2.24) is 4.57 Å². The van der Waals surface area contributed by atoms with Gasteiger partial charge >= 0.3 is 0 Å². The van der Waals surface area contributed by atoms with Gasteiger partial charge in [-0.25, -0.2) is 0 Å². The van der Waals surface area contributed by atoms with Gasteiger partial charge in [0.1, 0.15) is 0 Å². The van der Waals surface area contributed by atoms with E-state index in [-0.39, 0.29) is 17.8 Å². The summed E-state index contributed by atoms with van der Waals surface area (Å²) in [5.41, 5.74) is 0.259. The third-order valence-electron chi connectivity index (χ3n) is 2.53. The van der Waals surface area contributed by atoms with E-state index in [0.717, 1.165) is 4.47 Å². The molecule has 0 atom stereocenters. The second-order valence-corrected chi connectivity index (χ2v) is 5.67. The van der Waals surface area contributed by atoms with E-state index < -0.39 is 4.92 Å². The van der Waals surface area contributed by atoms with Crippen LogP contribution in [-0.4, -0.2) is 9.49 Å². The fourth-order valence-corrected chi connectivity index (χ4v) is 2.38. The fourth-order valence-electron chi connectivity index (χ4n) is 1.65. The number of nitro benzene ring substituents is 1. The lowest BCUT2D eigenvalue weighted by molar-refractivity contribution is -0.385. The van der Waals surface area contributed by atoms with E-state index in [1.54, 1.807) is 24.4 Å². The minimum atomic E-state index is -0.455. The first-order chi connectivity index (χ1) is 8.97. The molecule has 0 spiro atoms. The zero-order valence-electron chi connectivity index (χ0n) is 9.55. The van der Waals surface area contributed by atoms with Gasteiger partial charge in [-0.2, -0.15) is 0 Å². The molecule has 0 aliphatic heterocycles. The molecule has 0 radical (unpaired) electrons. The van der Waals surface area contributed by atoms with E-state index >= 15 is 0 Å². The zero-order valence-corrected chi connectivity index (χ0v) is 12.7. The van der Waals surface area contributed by atoms with Gasteiger partial charge in [-0.05, 0) is 34.1 Å². The summed E-state index contributed by atoms with van der Waals surface area (Å²) < 4.78 is 2.79. The molecule has 0 N–H and O–H groups in total. The molecule has 7 heteroatoms. The van der Waals surface area contributed by atoms with Crippen molar-refractivity contribution in [1.29, 1.82) is 0 Å². The fraction of sp³-hybridized carbons (Fsp3) is 0.0833. The van der Waals surface area contributed by atoms with Crippen LogP contribution in [0.3, 0.4) is 0 Å². The summed E-state index contributed by atoms with van der Waals surface area (Å²) in [4.78, 5) is 22.2. The molecule has 5 nitrogen and oxygen atoms in total. The Morgan fingerprint density at radius 1 is 1.16 bits per heavy atom. The van der Waals surface area contributed by atoms with E-state index in [1.807, 2.05) is 0 Å². The van der Waals surface area contributed by atoms with Crippen molar-refractivity contribution < 1.29 is 4.92 Å². The largest absolute Gasteiger partial charge is 0.310 e. The van der Waals surface area contributed by atoms with Gasteiger partial charge in [-0.15, -0.1) is 0 Å². The maximum Gasteiger partial charge on any atom is 0.275 e. The van der Waals surface area contributed by atoms with Crippen LogP contribution in [0.2, 0.25) is 0 Å². The first-order valence-corrected chi connectivity index (χ1v) is 6.85. The Balaban J connectivity index is 2.46. The van der Waals surface area contributed by atoms with Crippen molar-refractivity contribution in [3.05, 3.63) is 71.5 Å². The number of pyridine rings is 1. The standard InChI is InChI=1S/C12H8Br2N2O3/c13-9-2-1-8(11(5-9)16(18)19)6-15-7-10(14)3-4-12(15)17/h1-5,7H,6H2. The van der Waals surface area contributed by atoms with E-state index in [2.05, 4.69) is 31.9 Å². The van der Waals surface area contributed by atoms with E-state index in [0.29, 0.717) is 10.0 Å². The number of aromatic nitrogens is 1. The Labute approximate surface area is 125 Å². The maximum atomic E-state index is 11.7. The van der Waals surface area contributed by atoms with Crippen LogP contribution in [0.15, 0.2) is 50.3 Å². The summed E-state index contributed by atoms with van der Waals surface area (Å²) in [5, 5.41) is 11.0. The second-order valence-electron chi connectivity index (χ2n) is 3.84. The number of halogens is 2. The quantitative estimate of drug-likeness (QED) is 0.599. The highest BCUT2D eigenvalue weighted by Crippen LogP contribution is 2.24. The van der Waals surface area contributed by atoms with Crippen LogP contribution >= 0.6 is 31.9 Å². The van der Waals surface area contributed by atoms with Gasteiger partial charge in [0.25, 0.3) is 11.2 Å². The molecule has 0 aliphatic rings. The van der Waals surface area contributed by atoms with E-state index in [1.165, 1.54) is 16.7 Å². The summed E-state index contributed by atoms with van der Waals surface area (Å²) in [6, 6.07) is 7.82. The summed E-state index contributed by atoms with van der Waals surface area (Å²) in [6.45, 7) is 0.155. The predicted molar refractivity (Wildman–Crippen MR) is 78.3 cm³/mol. The highest BCUT2D eigenvalue weighted by atomic mass is 79.9. The normalized spacial score (nSPS) is 10.4. The molecule has 19 heavy (non-hydrogen) atoms. The minimum absolute atomic E-state index is 0.0127. The number of hydrogen-bond acceptors (Lipinski definition) is 3. The van der Waals surface area contributed by atoms with Crippen LogP contribution in [0, 0.1) is 10.1 Å². The summed E-state index contributed by atoms with van der Waals surface area (Å²) in [6.07, 6.45) is 1.61. The highest BCUT2D eigenvalue weighted by molar-refractivity contribution is 9.10. The van der Waals surface area contributed by atoms with Crippen molar-refractivity contribution >= 4 is 37.5 Å². The number of benzene rings is 1. The average Bonchev–Trinajstić information content (AvgIpc) is 2.35. The topological polar surface area (TPSA) is 65.1 Å². The van der Waals surface area contributed by atoms with Crippen molar-refractivity contribution in [2.24, 2.45) is 0 Å². The van der Waals surface area contributed by atoms with Gasteiger partial charge in [0.15, 0.2) is 0 Å². The predicted octanol–water partition coefficient (Wildman–Crippen LogP) is 3.33.